The lowest BCUT2D eigenvalue weighted by Gasteiger charge is -2.41. The highest BCUT2D eigenvalue weighted by atomic mass is 16.2. The third kappa shape index (κ3) is 6.12. The second kappa shape index (κ2) is 11.4. The van der Waals surface area contributed by atoms with Crippen LogP contribution in [0.4, 0.5) is 0 Å². The fourth-order valence-electron chi connectivity index (χ4n) is 5.78. The highest BCUT2D eigenvalue weighted by Gasteiger charge is 2.41. The zero-order valence-corrected chi connectivity index (χ0v) is 21.2. The lowest BCUT2D eigenvalue weighted by Crippen LogP contribution is -2.54. The van der Waals surface area contributed by atoms with Crippen molar-refractivity contribution in [1.29, 1.82) is 0 Å². The van der Waals surface area contributed by atoms with Gasteiger partial charge in [-0.05, 0) is 44.4 Å². The van der Waals surface area contributed by atoms with Crippen molar-refractivity contribution >= 4 is 17.7 Å². The molecule has 9 nitrogen and oxygen atoms in total. The molecule has 1 aromatic heterocycles. The molecule has 3 aliphatic heterocycles. The van der Waals surface area contributed by atoms with E-state index in [-0.39, 0.29) is 30.3 Å². The summed E-state index contributed by atoms with van der Waals surface area (Å²) in [4.78, 5) is 46.5. The SMILES string of the molecule is CCCn1ccnc1CN1CC[C@H]2NC(=O)CNC(=O)C3(C/C=C/C[C@H]2C1)CCN(C(C)=O)CC3. The number of hydrogen-bond acceptors (Lipinski definition) is 5. The number of allylic oxidation sites excluding steroid dienone is 2. The van der Waals surface area contributed by atoms with Crippen molar-refractivity contribution in [3.8, 4) is 0 Å². The summed E-state index contributed by atoms with van der Waals surface area (Å²) in [5.74, 6) is 1.26. The van der Waals surface area contributed by atoms with Crippen molar-refractivity contribution in [2.45, 2.75) is 71.5 Å². The van der Waals surface area contributed by atoms with Gasteiger partial charge in [-0.2, -0.15) is 0 Å². The molecular weight excluding hydrogens is 444 g/mol. The number of imidazole rings is 1. The lowest BCUT2D eigenvalue weighted by molar-refractivity contribution is -0.140. The summed E-state index contributed by atoms with van der Waals surface area (Å²) in [5, 5.41) is 6.09. The van der Waals surface area contributed by atoms with E-state index in [0.717, 1.165) is 51.3 Å². The molecule has 4 heterocycles. The molecule has 0 saturated carbocycles. The molecule has 3 aliphatic rings. The summed E-state index contributed by atoms with van der Waals surface area (Å²) in [6.45, 7) is 8.52. The highest BCUT2D eigenvalue weighted by Crippen LogP contribution is 2.36. The van der Waals surface area contributed by atoms with E-state index < -0.39 is 5.41 Å². The largest absolute Gasteiger partial charge is 0.351 e. The monoisotopic (exact) mass is 484 g/mol. The number of nitrogens with one attached hydrogen (secondary N) is 2. The second-order valence-electron chi connectivity index (χ2n) is 10.4. The van der Waals surface area contributed by atoms with Crippen LogP contribution in [0.1, 0.15) is 58.2 Å². The van der Waals surface area contributed by atoms with E-state index in [0.29, 0.717) is 38.3 Å². The molecule has 35 heavy (non-hydrogen) atoms. The Morgan fingerprint density at radius 3 is 2.74 bits per heavy atom. The Bertz CT molecular complexity index is 933. The third-order valence-electron chi connectivity index (χ3n) is 7.97. The van der Waals surface area contributed by atoms with Gasteiger partial charge in [0, 0.05) is 58.1 Å². The molecule has 2 atom stereocenters. The maximum absolute atomic E-state index is 13.1. The minimum atomic E-state index is -0.559. The maximum Gasteiger partial charge on any atom is 0.239 e. The van der Waals surface area contributed by atoms with Crippen molar-refractivity contribution in [3.05, 3.63) is 30.4 Å². The molecule has 2 N–H and O–H groups in total. The molecule has 0 aromatic carbocycles. The van der Waals surface area contributed by atoms with Crippen molar-refractivity contribution in [1.82, 2.24) is 30.0 Å². The average Bonchev–Trinajstić information content (AvgIpc) is 3.28. The second-order valence-corrected chi connectivity index (χ2v) is 10.4. The Balaban J connectivity index is 1.43. The van der Waals surface area contributed by atoms with Crippen LogP contribution < -0.4 is 10.6 Å². The van der Waals surface area contributed by atoms with Crippen molar-refractivity contribution < 1.29 is 14.4 Å². The number of nitrogens with zero attached hydrogens (tertiary/aromatic N) is 4. The minimum absolute atomic E-state index is 0.00209. The number of rotatable bonds is 4. The summed E-state index contributed by atoms with van der Waals surface area (Å²) in [6, 6.07) is 0.0999. The Kier molecular flexibility index (Phi) is 8.26. The van der Waals surface area contributed by atoms with Gasteiger partial charge in [-0.25, -0.2) is 4.98 Å². The van der Waals surface area contributed by atoms with E-state index in [1.807, 2.05) is 6.20 Å². The van der Waals surface area contributed by atoms with Crippen LogP contribution in [-0.2, 0) is 27.5 Å². The zero-order valence-electron chi connectivity index (χ0n) is 21.2. The summed E-state index contributed by atoms with van der Waals surface area (Å²) < 4.78 is 2.23. The third-order valence-corrected chi connectivity index (χ3v) is 7.97. The molecule has 1 spiro atoms. The quantitative estimate of drug-likeness (QED) is 0.634. The van der Waals surface area contributed by atoms with Crippen LogP contribution in [0.5, 0.6) is 0 Å². The maximum atomic E-state index is 13.1. The molecule has 2 fully saturated rings. The van der Waals surface area contributed by atoms with Crippen LogP contribution in [0.25, 0.3) is 0 Å². The molecule has 0 unspecified atom stereocenters. The van der Waals surface area contributed by atoms with Gasteiger partial charge in [0.05, 0.1) is 18.5 Å². The van der Waals surface area contributed by atoms with Crippen LogP contribution in [0.3, 0.4) is 0 Å². The summed E-state index contributed by atoms with van der Waals surface area (Å²) >= 11 is 0. The molecule has 0 bridgehead atoms. The van der Waals surface area contributed by atoms with E-state index in [2.05, 4.69) is 50.4 Å². The normalized spacial score (nSPS) is 26.7. The first-order chi connectivity index (χ1) is 16.9. The van der Waals surface area contributed by atoms with Crippen molar-refractivity contribution in [2.24, 2.45) is 11.3 Å². The first-order valence-corrected chi connectivity index (χ1v) is 13.1. The number of likely N-dealkylation sites (tertiary alicyclic amines) is 2. The van der Waals surface area contributed by atoms with Crippen LogP contribution in [0, 0.1) is 11.3 Å². The fourth-order valence-corrected chi connectivity index (χ4v) is 5.78. The van der Waals surface area contributed by atoms with Gasteiger partial charge in [0.15, 0.2) is 0 Å². The highest BCUT2D eigenvalue weighted by molar-refractivity contribution is 5.88. The van der Waals surface area contributed by atoms with E-state index >= 15 is 0 Å². The number of carbonyl (C=O) groups is 3. The Labute approximate surface area is 208 Å². The molecule has 192 valence electrons. The summed E-state index contributed by atoms with van der Waals surface area (Å²) in [5.41, 5.74) is -0.559. The average molecular weight is 485 g/mol. The van der Waals surface area contributed by atoms with Crippen molar-refractivity contribution in [2.75, 3.05) is 32.7 Å². The number of aryl methyl sites for hydroxylation is 1. The molecule has 3 amide bonds. The number of piperidine rings is 2. The van der Waals surface area contributed by atoms with Crippen LogP contribution in [-0.4, -0.2) is 75.8 Å². The van der Waals surface area contributed by atoms with E-state index in [1.165, 1.54) is 0 Å². The molecule has 9 heteroatoms. The van der Waals surface area contributed by atoms with Gasteiger partial charge in [0.2, 0.25) is 17.7 Å². The zero-order chi connectivity index (χ0) is 24.8. The smallest absolute Gasteiger partial charge is 0.239 e. The number of aromatic nitrogens is 2. The number of fused-ring (bicyclic) bond motifs is 1. The first kappa shape index (κ1) is 25.4. The predicted molar refractivity (Wildman–Crippen MR) is 133 cm³/mol. The molecule has 0 radical (unpaired) electrons. The predicted octanol–water partition coefficient (Wildman–Crippen LogP) is 1.69. The topological polar surface area (TPSA) is 99.6 Å². The first-order valence-electron chi connectivity index (χ1n) is 13.1. The van der Waals surface area contributed by atoms with Gasteiger partial charge in [0.25, 0.3) is 0 Å². The van der Waals surface area contributed by atoms with Gasteiger partial charge in [-0.1, -0.05) is 19.1 Å². The Morgan fingerprint density at radius 2 is 2.00 bits per heavy atom. The van der Waals surface area contributed by atoms with Gasteiger partial charge in [-0.15, -0.1) is 0 Å². The molecule has 4 rings (SSSR count). The van der Waals surface area contributed by atoms with Gasteiger partial charge in [0.1, 0.15) is 5.82 Å². The lowest BCUT2D eigenvalue weighted by atomic mass is 9.74. The van der Waals surface area contributed by atoms with Crippen LogP contribution in [0.2, 0.25) is 0 Å². The number of carbonyl (C=O) groups excluding carboxylic acids is 3. The van der Waals surface area contributed by atoms with Crippen molar-refractivity contribution in [3.63, 3.8) is 0 Å². The molecular formula is C26H40N6O3. The van der Waals surface area contributed by atoms with Crippen LogP contribution in [0.15, 0.2) is 24.5 Å². The number of amides is 3. The Morgan fingerprint density at radius 1 is 1.20 bits per heavy atom. The standard InChI is InChI=1S/C26H40N6O3/c1-3-12-32-16-11-27-23(32)19-30-13-7-22-21(18-30)6-4-5-8-26(25(35)28-17-24(34)29-22)9-14-31(15-10-26)20(2)33/h4-5,11,16,21-22H,3,6-10,12-15,17-19H2,1-2H3,(H,28,35)(H,29,34)/b5-4+/t21-,22+/m0/s1. The van der Waals surface area contributed by atoms with E-state index in [1.54, 1.807) is 11.8 Å². The van der Waals surface area contributed by atoms with Gasteiger partial charge < -0.3 is 20.1 Å². The molecule has 0 aliphatic carbocycles. The van der Waals surface area contributed by atoms with Gasteiger partial charge >= 0.3 is 0 Å². The molecule has 1 aromatic rings. The minimum Gasteiger partial charge on any atom is -0.351 e. The summed E-state index contributed by atoms with van der Waals surface area (Å²) in [6.07, 6.45) is 13.0. The Hall–Kier alpha value is -2.68. The number of hydrogen-bond donors (Lipinski definition) is 2. The van der Waals surface area contributed by atoms with E-state index in [4.69, 9.17) is 0 Å². The fraction of sp³-hybridized carbons (Fsp3) is 0.692. The summed E-state index contributed by atoms with van der Waals surface area (Å²) in [7, 11) is 0. The van der Waals surface area contributed by atoms with E-state index in [9.17, 15) is 14.4 Å². The molecule has 2 saturated heterocycles. The van der Waals surface area contributed by atoms with Crippen LogP contribution >= 0.6 is 0 Å². The van der Waals surface area contributed by atoms with Gasteiger partial charge in [-0.3, -0.25) is 19.3 Å².